The summed E-state index contributed by atoms with van der Waals surface area (Å²) in [5.74, 6) is -1.59. The van der Waals surface area contributed by atoms with Crippen LogP contribution in [0, 0.1) is 0 Å². The molecule has 1 amide bonds. The molecule has 8 heteroatoms. The highest BCUT2D eigenvalue weighted by molar-refractivity contribution is 5.77. The molecule has 1 fully saturated rings. The first-order chi connectivity index (χ1) is 18.5. The molecule has 200 valence electrons. The number of carboxylic acids is 1. The second-order valence-corrected chi connectivity index (χ2v) is 9.18. The van der Waals surface area contributed by atoms with Crippen molar-refractivity contribution in [2.45, 2.75) is 57.2 Å². The molecule has 1 aliphatic rings. The van der Waals surface area contributed by atoms with Gasteiger partial charge in [0.1, 0.15) is 18.3 Å². The topological polar surface area (TPSA) is 103 Å². The number of nitrogens with one attached hydrogen (secondary N) is 1. The summed E-state index contributed by atoms with van der Waals surface area (Å²) in [5, 5.41) is 12.8. The molecule has 0 saturated carbocycles. The molecule has 0 spiro atoms. The van der Waals surface area contributed by atoms with Gasteiger partial charge < -0.3 is 29.4 Å². The SMILES string of the molecule is CC(=O)N[C@@H]1[C@@H](OCc2ccccc2)[C@H](OCc2ccccc2)[C@@H](COCc2ccccc2)O[C@H]1C(=O)O. The molecule has 38 heavy (non-hydrogen) atoms. The van der Waals surface area contributed by atoms with E-state index in [2.05, 4.69) is 5.32 Å². The van der Waals surface area contributed by atoms with Crippen LogP contribution in [0.3, 0.4) is 0 Å². The minimum Gasteiger partial charge on any atom is -0.479 e. The fourth-order valence-corrected chi connectivity index (χ4v) is 4.48. The first-order valence-corrected chi connectivity index (χ1v) is 12.6. The molecule has 5 atom stereocenters. The summed E-state index contributed by atoms with van der Waals surface area (Å²) >= 11 is 0. The van der Waals surface area contributed by atoms with Crippen LogP contribution < -0.4 is 5.32 Å². The van der Waals surface area contributed by atoms with E-state index in [1.165, 1.54) is 6.92 Å². The Morgan fingerprint density at radius 3 is 1.71 bits per heavy atom. The van der Waals surface area contributed by atoms with Crippen molar-refractivity contribution >= 4 is 11.9 Å². The zero-order valence-electron chi connectivity index (χ0n) is 21.3. The van der Waals surface area contributed by atoms with Crippen LogP contribution in [0.15, 0.2) is 91.0 Å². The number of carboxylic acid groups (broad SMARTS) is 1. The molecule has 0 bridgehead atoms. The van der Waals surface area contributed by atoms with Crippen molar-refractivity contribution in [2.75, 3.05) is 6.61 Å². The van der Waals surface area contributed by atoms with Crippen molar-refractivity contribution in [1.29, 1.82) is 0 Å². The van der Waals surface area contributed by atoms with Gasteiger partial charge in [0.25, 0.3) is 0 Å². The fraction of sp³-hybridized carbons (Fsp3) is 0.333. The van der Waals surface area contributed by atoms with E-state index in [-0.39, 0.29) is 19.8 Å². The molecule has 1 heterocycles. The number of carbonyl (C=O) groups is 2. The van der Waals surface area contributed by atoms with E-state index in [9.17, 15) is 14.7 Å². The number of carbonyl (C=O) groups excluding carboxylic acids is 1. The molecular weight excluding hydrogens is 486 g/mol. The maximum atomic E-state index is 12.3. The number of rotatable bonds is 12. The van der Waals surface area contributed by atoms with Gasteiger partial charge in [-0.15, -0.1) is 0 Å². The highest BCUT2D eigenvalue weighted by Crippen LogP contribution is 2.29. The van der Waals surface area contributed by atoms with Crippen molar-refractivity contribution in [2.24, 2.45) is 0 Å². The second kappa shape index (κ2) is 13.8. The Labute approximate surface area is 222 Å². The number of benzene rings is 3. The third-order valence-corrected chi connectivity index (χ3v) is 6.27. The van der Waals surface area contributed by atoms with Crippen LogP contribution in [0.5, 0.6) is 0 Å². The summed E-state index contributed by atoms with van der Waals surface area (Å²) in [4.78, 5) is 24.4. The van der Waals surface area contributed by atoms with E-state index >= 15 is 0 Å². The van der Waals surface area contributed by atoms with Crippen LogP contribution in [-0.2, 0) is 48.4 Å². The molecule has 1 saturated heterocycles. The molecule has 0 aliphatic carbocycles. The summed E-state index contributed by atoms with van der Waals surface area (Å²) in [6, 6.07) is 27.9. The van der Waals surface area contributed by atoms with Crippen molar-refractivity contribution in [3.05, 3.63) is 108 Å². The summed E-state index contributed by atoms with van der Waals surface area (Å²) < 4.78 is 24.7. The van der Waals surface area contributed by atoms with Gasteiger partial charge in [-0.25, -0.2) is 4.79 Å². The van der Waals surface area contributed by atoms with Crippen LogP contribution in [0.4, 0.5) is 0 Å². The molecule has 3 aromatic carbocycles. The number of hydrogen-bond donors (Lipinski definition) is 2. The maximum absolute atomic E-state index is 12.3. The Morgan fingerprint density at radius 1 is 0.763 bits per heavy atom. The molecule has 1 aliphatic heterocycles. The van der Waals surface area contributed by atoms with Gasteiger partial charge in [-0.1, -0.05) is 91.0 Å². The van der Waals surface area contributed by atoms with Crippen LogP contribution >= 0.6 is 0 Å². The lowest BCUT2D eigenvalue weighted by molar-refractivity contribution is -0.235. The van der Waals surface area contributed by atoms with E-state index in [1.54, 1.807) is 0 Å². The van der Waals surface area contributed by atoms with Gasteiger partial charge in [-0.05, 0) is 16.7 Å². The molecule has 0 aromatic heterocycles. The third-order valence-electron chi connectivity index (χ3n) is 6.27. The average Bonchev–Trinajstić information content (AvgIpc) is 2.93. The second-order valence-electron chi connectivity index (χ2n) is 9.18. The number of amides is 1. The molecule has 8 nitrogen and oxygen atoms in total. The lowest BCUT2D eigenvalue weighted by Gasteiger charge is -2.45. The number of aliphatic carboxylic acids is 1. The molecule has 2 N–H and O–H groups in total. The standard InChI is InChI=1S/C30H33NO7/c1-21(32)31-26-28(37-19-24-15-9-4-10-16-24)27(36-18-23-13-7-3-8-14-23)25(38-29(26)30(33)34)20-35-17-22-11-5-2-6-12-22/h2-16,25-29H,17-20H2,1H3,(H,31,32)(H,33,34)/t25-,26-,27-,28-,29-/m1/s1. The van der Waals surface area contributed by atoms with Crippen LogP contribution in [0.1, 0.15) is 23.6 Å². The van der Waals surface area contributed by atoms with Gasteiger partial charge in [0.2, 0.25) is 5.91 Å². The minimum atomic E-state index is -1.35. The molecule has 0 radical (unpaired) electrons. The summed E-state index contributed by atoms with van der Waals surface area (Å²) in [6.45, 7) is 2.20. The maximum Gasteiger partial charge on any atom is 0.335 e. The predicted octanol–water partition coefficient (Wildman–Crippen LogP) is 3.73. The van der Waals surface area contributed by atoms with Crippen LogP contribution in [-0.4, -0.2) is 54.0 Å². The van der Waals surface area contributed by atoms with E-state index in [0.29, 0.717) is 6.61 Å². The summed E-state index contributed by atoms with van der Waals surface area (Å²) in [6.07, 6.45) is -3.64. The van der Waals surface area contributed by atoms with Crippen LogP contribution in [0.25, 0.3) is 0 Å². The van der Waals surface area contributed by atoms with Gasteiger partial charge in [-0.2, -0.15) is 0 Å². The zero-order valence-corrected chi connectivity index (χ0v) is 21.3. The normalized spacial score (nSPS) is 23.0. The van der Waals surface area contributed by atoms with Crippen molar-refractivity contribution in [3.63, 3.8) is 0 Å². The largest absolute Gasteiger partial charge is 0.479 e. The lowest BCUT2D eigenvalue weighted by Crippen LogP contribution is -2.67. The van der Waals surface area contributed by atoms with Crippen molar-refractivity contribution in [1.82, 2.24) is 5.32 Å². The van der Waals surface area contributed by atoms with Gasteiger partial charge in [-0.3, -0.25) is 4.79 Å². The van der Waals surface area contributed by atoms with E-state index in [0.717, 1.165) is 16.7 Å². The van der Waals surface area contributed by atoms with Crippen molar-refractivity contribution < 1.29 is 33.6 Å². The minimum absolute atomic E-state index is 0.0795. The Bertz CT molecular complexity index is 1140. The summed E-state index contributed by atoms with van der Waals surface area (Å²) in [7, 11) is 0. The van der Waals surface area contributed by atoms with Gasteiger partial charge >= 0.3 is 5.97 Å². The Balaban J connectivity index is 1.60. The summed E-state index contributed by atoms with van der Waals surface area (Å²) in [5.41, 5.74) is 2.83. The quantitative estimate of drug-likeness (QED) is 0.376. The van der Waals surface area contributed by atoms with Crippen molar-refractivity contribution in [3.8, 4) is 0 Å². The Morgan fingerprint density at radius 2 is 1.24 bits per heavy atom. The van der Waals surface area contributed by atoms with Gasteiger partial charge in [0.05, 0.1) is 32.5 Å². The number of hydrogen-bond acceptors (Lipinski definition) is 6. The van der Waals surface area contributed by atoms with Gasteiger partial charge in [0, 0.05) is 6.92 Å². The first kappa shape index (κ1) is 27.5. The smallest absolute Gasteiger partial charge is 0.335 e. The number of ether oxygens (including phenoxy) is 4. The lowest BCUT2D eigenvalue weighted by atomic mass is 9.91. The Hall–Kier alpha value is -3.56. The molecule has 3 aromatic rings. The highest BCUT2D eigenvalue weighted by atomic mass is 16.6. The highest BCUT2D eigenvalue weighted by Gasteiger charge is 2.50. The van der Waals surface area contributed by atoms with E-state index in [1.807, 2.05) is 91.0 Å². The monoisotopic (exact) mass is 519 g/mol. The fourth-order valence-electron chi connectivity index (χ4n) is 4.48. The van der Waals surface area contributed by atoms with E-state index < -0.39 is 42.3 Å². The molecule has 4 rings (SSSR count). The van der Waals surface area contributed by atoms with E-state index in [4.69, 9.17) is 18.9 Å². The van der Waals surface area contributed by atoms with Crippen LogP contribution in [0.2, 0.25) is 0 Å². The average molecular weight is 520 g/mol. The molecule has 0 unspecified atom stereocenters. The Kier molecular flexibility index (Phi) is 10.0. The predicted molar refractivity (Wildman–Crippen MR) is 140 cm³/mol. The first-order valence-electron chi connectivity index (χ1n) is 12.6. The molecular formula is C30H33NO7. The van der Waals surface area contributed by atoms with Gasteiger partial charge in [0.15, 0.2) is 6.10 Å². The zero-order chi connectivity index (χ0) is 26.7. The third kappa shape index (κ3) is 7.72.